The summed E-state index contributed by atoms with van der Waals surface area (Å²) in [6.07, 6.45) is 0.684. The lowest BCUT2D eigenvalue weighted by molar-refractivity contribution is -0.118. The molecule has 0 radical (unpaired) electrons. The Labute approximate surface area is 181 Å². The van der Waals surface area contributed by atoms with Crippen molar-refractivity contribution in [2.45, 2.75) is 13.3 Å². The predicted octanol–water partition coefficient (Wildman–Crippen LogP) is 4.51. The van der Waals surface area contributed by atoms with Gasteiger partial charge in [0.25, 0.3) is 5.91 Å². The number of methoxy groups -OCH3 is 2. The maximum absolute atomic E-state index is 12.4. The van der Waals surface area contributed by atoms with Crippen molar-refractivity contribution in [3.05, 3.63) is 83.4 Å². The molecule has 3 aromatic carbocycles. The molecule has 0 aliphatic rings. The second-order valence-electron chi connectivity index (χ2n) is 6.95. The molecule has 31 heavy (non-hydrogen) atoms. The number of amides is 1. The van der Waals surface area contributed by atoms with E-state index in [1.165, 1.54) is 14.0 Å². The van der Waals surface area contributed by atoms with Crippen LogP contribution < -0.4 is 19.5 Å². The van der Waals surface area contributed by atoms with E-state index in [2.05, 4.69) is 5.32 Å². The van der Waals surface area contributed by atoms with Gasteiger partial charge in [-0.1, -0.05) is 30.3 Å². The van der Waals surface area contributed by atoms with Gasteiger partial charge in [-0.25, -0.2) is 0 Å². The molecule has 0 saturated heterocycles. The number of hydrogen-bond acceptors (Lipinski definition) is 5. The van der Waals surface area contributed by atoms with Crippen LogP contribution in [0.5, 0.6) is 17.2 Å². The zero-order chi connectivity index (χ0) is 22.2. The summed E-state index contributed by atoms with van der Waals surface area (Å²) in [4.78, 5) is 23.9. The van der Waals surface area contributed by atoms with E-state index in [4.69, 9.17) is 14.2 Å². The van der Waals surface area contributed by atoms with Gasteiger partial charge in [-0.15, -0.1) is 0 Å². The fourth-order valence-electron chi connectivity index (χ4n) is 3.16. The van der Waals surface area contributed by atoms with Crippen LogP contribution in [0.15, 0.2) is 66.7 Å². The molecule has 1 amide bonds. The van der Waals surface area contributed by atoms with Gasteiger partial charge in [0.1, 0.15) is 5.75 Å². The van der Waals surface area contributed by atoms with Crippen LogP contribution in [0.4, 0.5) is 5.69 Å². The molecule has 0 spiro atoms. The Morgan fingerprint density at radius 3 is 2.23 bits per heavy atom. The fraction of sp³-hybridized carbons (Fsp3) is 0.200. The molecule has 1 N–H and O–H groups in total. The average molecular weight is 419 g/mol. The summed E-state index contributed by atoms with van der Waals surface area (Å²) in [6.45, 7) is 1.28. The lowest BCUT2D eigenvalue weighted by Gasteiger charge is -2.13. The second-order valence-corrected chi connectivity index (χ2v) is 6.95. The average Bonchev–Trinajstić information content (AvgIpc) is 2.78. The quantitative estimate of drug-likeness (QED) is 0.517. The Balaban J connectivity index is 1.66. The van der Waals surface area contributed by atoms with E-state index >= 15 is 0 Å². The first-order valence-electron chi connectivity index (χ1n) is 9.82. The van der Waals surface area contributed by atoms with Crippen LogP contribution in [0.1, 0.15) is 28.4 Å². The Morgan fingerprint density at radius 1 is 0.839 bits per heavy atom. The minimum atomic E-state index is -0.312. The highest BCUT2D eigenvalue weighted by molar-refractivity contribution is 5.95. The molecule has 0 heterocycles. The number of hydrogen-bond donors (Lipinski definition) is 1. The molecule has 6 heteroatoms. The number of rotatable bonds is 9. The molecule has 0 fully saturated rings. The summed E-state index contributed by atoms with van der Waals surface area (Å²) < 4.78 is 16.3. The Morgan fingerprint density at radius 2 is 1.55 bits per heavy atom. The molecule has 0 saturated carbocycles. The Bertz CT molecular complexity index is 1060. The van der Waals surface area contributed by atoms with Crippen molar-refractivity contribution in [3.63, 3.8) is 0 Å². The first-order valence-corrected chi connectivity index (χ1v) is 9.82. The first kappa shape index (κ1) is 21.9. The van der Waals surface area contributed by atoms with Crippen molar-refractivity contribution in [2.24, 2.45) is 0 Å². The zero-order valence-electron chi connectivity index (χ0n) is 17.8. The first-order chi connectivity index (χ1) is 15.0. The number of Topliss-reactive ketones (excluding diaryl/α,β-unsaturated/α-hetero) is 1. The van der Waals surface area contributed by atoms with Crippen LogP contribution >= 0.6 is 0 Å². The molecule has 6 nitrogen and oxygen atoms in total. The van der Waals surface area contributed by atoms with Gasteiger partial charge in [0.15, 0.2) is 23.9 Å². The van der Waals surface area contributed by atoms with Crippen molar-refractivity contribution in [3.8, 4) is 17.2 Å². The largest absolute Gasteiger partial charge is 0.496 e. The molecule has 3 aromatic rings. The van der Waals surface area contributed by atoms with Gasteiger partial charge in [0.05, 0.1) is 14.2 Å². The summed E-state index contributed by atoms with van der Waals surface area (Å²) >= 11 is 0. The van der Waals surface area contributed by atoms with Crippen LogP contribution in [0.25, 0.3) is 0 Å². The van der Waals surface area contributed by atoms with Crippen molar-refractivity contribution in [2.75, 3.05) is 26.1 Å². The lowest BCUT2D eigenvalue weighted by Crippen LogP contribution is -2.20. The van der Waals surface area contributed by atoms with E-state index in [1.807, 2.05) is 42.5 Å². The van der Waals surface area contributed by atoms with Crippen molar-refractivity contribution < 1.29 is 23.8 Å². The minimum absolute atomic E-state index is 0.0756. The van der Waals surface area contributed by atoms with Crippen molar-refractivity contribution in [1.29, 1.82) is 0 Å². The van der Waals surface area contributed by atoms with Crippen molar-refractivity contribution >= 4 is 17.4 Å². The number of ketones is 1. The Kier molecular flexibility index (Phi) is 7.27. The third-order valence-electron chi connectivity index (χ3n) is 4.73. The number of carbonyl (C=O) groups excluding carboxylic acids is 2. The van der Waals surface area contributed by atoms with E-state index in [9.17, 15) is 9.59 Å². The summed E-state index contributed by atoms with van der Waals surface area (Å²) in [6, 6.07) is 20.4. The van der Waals surface area contributed by atoms with Gasteiger partial charge in [0, 0.05) is 23.2 Å². The molecule has 0 bridgehead atoms. The smallest absolute Gasteiger partial charge is 0.262 e. The highest BCUT2D eigenvalue weighted by atomic mass is 16.5. The topological polar surface area (TPSA) is 73.9 Å². The summed E-state index contributed by atoms with van der Waals surface area (Å²) in [5.41, 5.74) is 3.28. The van der Waals surface area contributed by atoms with Gasteiger partial charge in [-0.2, -0.15) is 0 Å². The molecule has 0 aromatic heterocycles. The number of benzene rings is 3. The maximum Gasteiger partial charge on any atom is 0.262 e. The molecular weight excluding hydrogens is 394 g/mol. The number of carbonyl (C=O) groups is 2. The summed E-state index contributed by atoms with van der Waals surface area (Å²) in [7, 11) is 3.11. The van der Waals surface area contributed by atoms with Crippen LogP contribution in [-0.4, -0.2) is 32.5 Å². The van der Waals surface area contributed by atoms with E-state index in [1.54, 1.807) is 31.4 Å². The van der Waals surface area contributed by atoms with Gasteiger partial charge >= 0.3 is 0 Å². The molecule has 0 aliphatic carbocycles. The van der Waals surface area contributed by atoms with E-state index < -0.39 is 0 Å². The second kappa shape index (κ2) is 10.3. The van der Waals surface area contributed by atoms with Crippen molar-refractivity contribution in [1.82, 2.24) is 0 Å². The third-order valence-corrected chi connectivity index (χ3v) is 4.73. The van der Waals surface area contributed by atoms with Gasteiger partial charge in [0.2, 0.25) is 0 Å². The van der Waals surface area contributed by atoms with E-state index in [0.717, 1.165) is 16.9 Å². The molecular formula is C25H25NO5. The molecule has 3 rings (SSSR count). The van der Waals surface area contributed by atoms with Gasteiger partial charge in [-0.05, 0) is 48.9 Å². The van der Waals surface area contributed by atoms with Crippen LogP contribution in [0.3, 0.4) is 0 Å². The highest BCUT2D eigenvalue weighted by Crippen LogP contribution is 2.29. The number of nitrogens with one attached hydrogen (secondary N) is 1. The SMILES string of the molecule is COc1ccc(NC(=O)COc2ccc(C(C)=O)cc2OC)cc1Cc1ccccc1. The molecule has 0 aliphatic heterocycles. The van der Waals surface area contributed by atoms with Gasteiger partial charge < -0.3 is 19.5 Å². The number of ether oxygens (including phenoxy) is 3. The predicted molar refractivity (Wildman–Crippen MR) is 119 cm³/mol. The zero-order valence-corrected chi connectivity index (χ0v) is 17.8. The normalized spacial score (nSPS) is 10.3. The summed E-state index contributed by atoms with van der Waals surface area (Å²) in [5.74, 6) is 1.16. The van der Waals surface area contributed by atoms with Crippen LogP contribution in [0.2, 0.25) is 0 Å². The number of anilines is 1. The molecule has 0 unspecified atom stereocenters. The van der Waals surface area contributed by atoms with E-state index in [0.29, 0.717) is 29.2 Å². The lowest BCUT2D eigenvalue weighted by atomic mass is 10.0. The van der Waals surface area contributed by atoms with Crippen LogP contribution in [0, 0.1) is 0 Å². The monoisotopic (exact) mass is 419 g/mol. The minimum Gasteiger partial charge on any atom is -0.496 e. The van der Waals surface area contributed by atoms with Gasteiger partial charge in [-0.3, -0.25) is 9.59 Å². The molecule has 0 atom stereocenters. The van der Waals surface area contributed by atoms with Crippen LogP contribution in [-0.2, 0) is 11.2 Å². The Hall–Kier alpha value is -3.80. The summed E-state index contributed by atoms with van der Waals surface area (Å²) in [5, 5.41) is 2.84. The highest BCUT2D eigenvalue weighted by Gasteiger charge is 2.12. The fourth-order valence-corrected chi connectivity index (χ4v) is 3.16. The maximum atomic E-state index is 12.4. The van der Waals surface area contributed by atoms with E-state index in [-0.39, 0.29) is 18.3 Å². The third kappa shape index (κ3) is 5.85. The molecule has 160 valence electrons. The standard InChI is InChI=1S/C25H25NO5/c1-17(27)19-9-11-23(24(15-19)30-3)31-16-25(28)26-21-10-12-22(29-2)20(14-21)13-18-7-5-4-6-8-18/h4-12,14-15H,13,16H2,1-3H3,(H,26,28).